The van der Waals surface area contributed by atoms with Gasteiger partial charge in [-0.3, -0.25) is 0 Å². The number of hydrogen-bond donors (Lipinski definition) is 3. The lowest BCUT2D eigenvalue weighted by Gasteiger charge is -2.25. The minimum Gasteiger partial charge on any atom is -0.389 e. The number of hydrogen-bond acceptors (Lipinski definition) is 4. The van der Waals surface area contributed by atoms with Crippen molar-refractivity contribution in [2.45, 2.75) is 45.0 Å². The van der Waals surface area contributed by atoms with Crippen LogP contribution in [0.2, 0.25) is 0 Å². The van der Waals surface area contributed by atoms with E-state index in [9.17, 15) is 10.3 Å². The Kier molecular flexibility index (Phi) is 3.85. The van der Waals surface area contributed by atoms with Crippen molar-refractivity contribution in [2.75, 3.05) is 0 Å². The zero-order chi connectivity index (χ0) is 15.0. The fourth-order valence-electron chi connectivity index (χ4n) is 2.99. The summed E-state index contributed by atoms with van der Waals surface area (Å²) in [6.45, 7) is 4.01. The highest BCUT2D eigenvalue weighted by atomic mass is 16.5. The van der Waals surface area contributed by atoms with Gasteiger partial charge in [-0.2, -0.15) is 5.06 Å². The zero-order valence-electron chi connectivity index (χ0n) is 12.5. The van der Waals surface area contributed by atoms with E-state index in [1.807, 2.05) is 50.3 Å². The van der Waals surface area contributed by atoms with Crippen molar-refractivity contribution in [3.8, 4) is 0 Å². The van der Waals surface area contributed by atoms with Gasteiger partial charge >= 0.3 is 0 Å². The summed E-state index contributed by atoms with van der Waals surface area (Å²) >= 11 is 0. The Morgan fingerprint density at radius 2 is 2.00 bits per heavy atom. The number of aliphatic hydroxyl groups excluding tert-OH is 1. The first-order chi connectivity index (χ1) is 10.1. The number of nitrogens with one attached hydrogen (secondary N) is 1. The Bertz CT molecular complexity index is 577. The van der Waals surface area contributed by atoms with E-state index in [1.54, 1.807) is 0 Å². The van der Waals surface area contributed by atoms with Crippen LogP contribution in [0, 0.1) is 6.92 Å². The molecule has 0 saturated carbocycles. The summed E-state index contributed by atoms with van der Waals surface area (Å²) in [6.07, 6.45) is 4.65. The van der Waals surface area contributed by atoms with Crippen LogP contribution in [0.15, 0.2) is 47.7 Å². The highest BCUT2D eigenvalue weighted by Crippen LogP contribution is 2.35. The van der Waals surface area contributed by atoms with E-state index in [0.717, 1.165) is 16.8 Å². The molecule has 0 aromatic heterocycles. The maximum Gasteiger partial charge on any atom is 0.129 e. The molecule has 0 bridgehead atoms. The van der Waals surface area contributed by atoms with Gasteiger partial charge in [0.25, 0.3) is 0 Å². The summed E-state index contributed by atoms with van der Waals surface area (Å²) in [7, 11) is 0. The van der Waals surface area contributed by atoms with Crippen LogP contribution in [0.3, 0.4) is 0 Å². The number of fused-ring (bicyclic) bond motifs is 1. The Hall–Kier alpha value is -1.62. The molecule has 0 spiro atoms. The summed E-state index contributed by atoms with van der Waals surface area (Å²) in [5, 5.41) is 25.2. The molecule has 4 heteroatoms. The summed E-state index contributed by atoms with van der Waals surface area (Å²) in [6, 6.07) is 8.06. The minimum absolute atomic E-state index is 0.0995. The second kappa shape index (κ2) is 5.64. The first-order valence-electron chi connectivity index (χ1n) is 7.49. The zero-order valence-corrected chi connectivity index (χ0v) is 12.5. The fourth-order valence-corrected chi connectivity index (χ4v) is 2.99. The molecule has 1 aromatic rings. The molecule has 1 aliphatic heterocycles. The topological polar surface area (TPSA) is 55.7 Å². The molecule has 1 heterocycles. The van der Waals surface area contributed by atoms with Crippen molar-refractivity contribution in [2.24, 2.45) is 0 Å². The van der Waals surface area contributed by atoms with Gasteiger partial charge in [0.05, 0.1) is 12.1 Å². The van der Waals surface area contributed by atoms with E-state index in [-0.39, 0.29) is 12.2 Å². The van der Waals surface area contributed by atoms with Crippen LogP contribution >= 0.6 is 0 Å². The fraction of sp³-hybridized carbons (Fsp3) is 0.412. The van der Waals surface area contributed by atoms with Gasteiger partial charge in [-0.05, 0) is 37.0 Å². The summed E-state index contributed by atoms with van der Waals surface area (Å²) in [4.78, 5) is 0. The quantitative estimate of drug-likeness (QED) is 0.799. The summed E-state index contributed by atoms with van der Waals surface area (Å²) in [5.74, 6) is 0. The van der Waals surface area contributed by atoms with Gasteiger partial charge in [0.1, 0.15) is 6.17 Å². The normalized spacial score (nSPS) is 26.7. The van der Waals surface area contributed by atoms with Gasteiger partial charge in [0.15, 0.2) is 0 Å². The Balaban J connectivity index is 1.80. The van der Waals surface area contributed by atoms with E-state index < -0.39 is 6.10 Å². The van der Waals surface area contributed by atoms with Crippen LogP contribution in [-0.2, 0) is 0 Å². The lowest BCUT2D eigenvalue weighted by Crippen LogP contribution is -2.32. The van der Waals surface area contributed by atoms with Crippen LogP contribution < -0.4 is 5.32 Å². The molecule has 0 radical (unpaired) electrons. The van der Waals surface area contributed by atoms with Crippen molar-refractivity contribution in [1.82, 2.24) is 10.4 Å². The number of aryl methyl sites for hydroxylation is 1. The number of aliphatic hydroxyl groups is 1. The van der Waals surface area contributed by atoms with Gasteiger partial charge in [0.2, 0.25) is 0 Å². The van der Waals surface area contributed by atoms with Gasteiger partial charge in [0, 0.05) is 5.70 Å². The molecule has 21 heavy (non-hydrogen) atoms. The van der Waals surface area contributed by atoms with Gasteiger partial charge in [-0.25, -0.2) is 0 Å². The lowest BCUT2D eigenvalue weighted by atomic mass is 9.93. The third-order valence-electron chi connectivity index (χ3n) is 4.36. The number of benzene rings is 1. The second-order valence-electron chi connectivity index (χ2n) is 5.85. The number of rotatable bonds is 3. The van der Waals surface area contributed by atoms with Crippen molar-refractivity contribution in [1.29, 1.82) is 0 Å². The number of hydroxylamine groups is 2. The second-order valence-corrected chi connectivity index (χ2v) is 5.85. The SMILES string of the molecule is CCC(O)C1=CC=C2NC(c3ccc(C)cc3)N(O)C2C1. The monoisotopic (exact) mass is 286 g/mol. The van der Waals surface area contributed by atoms with Crippen molar-refractivity contribution in [3.63, 3.8) is 0 Å². The molecular formula is C17H22N2O2. The smallest absolute Gasteiger partial charge is 0.129 e. The van der Waals surface area contributed by atoms with Crippen molar-refractivity contribution < 1.29 is 10.3 Å². The molecule has 0 amide bonds. The number of allylic oxidation sites excluding steroid dienone is 2. The lowest BCUT2D eigenvalue weighted by molar-refractivity contribution is -0.135. The number of nitrogens with zero attached hydrogens (tertiary/aromatic N) is 1. The van der Waals surface area contributed by atoms with Crippen molar-refractivity contribution in [3.05, 3.63) is 58.8 Å². The molecule has 3 atom stereocenters. The molecule has 3 rings (SSSR count). The van der Waals surface area contributed by atoms with Crippen LogP contribution in [-0.4, -0.2) is 27.5 Å². The molecule has 1 saturated heterocycles. The maximum absolute atomic E-state index is 10.5. The first-order valence-corrected chi connectivity index (χ1v) is 7.49. The average molecular weight is 286 g/mol. The first kappa shape index (κ1) is 14.3. The third-order valence-corrected chi connectivity index (χ3v) is 4.36. The van der Waals surface area contributed by atoms with E-state index in [1.165, 1.54) is 10.6 Å². The highest BCUT2D eigenvalue weighted by Gasteiger charge is 2.39. The Morgan fingerprint density at radius 1 is 1.29 bits per heavy atom. The van der Waals surface area contributed by atoms with Crippen LogP contribution in [0.1, 0.15) is 37.1 Å². The molecule has 1 aromatic carbocycles. The van der Waals surface area contributed by atoms with E-state index in [0.29, 0.717) is 12.8 Å². The minimum atomic E-state index is -0.422. The van der Waals surface area contributed by atoms with Gasteiger partial charge in [-0.15, -0.1) is 0 Å². The molecule has 1 fully saturated rings. The van der Waals surface area contributed by atoms with Crippen molar-refractivity contribution >= 4 is 0 Å². The van der Waals surface area contributed by atoms with Crippen LogP contribution in [0.25, 0.3) is 0 Å². The average Bonchev–Trinajstić information content (AvgIpc) is 2.84. The summed E-state index contributed by atoms with van der Waals surface area (Å²) < 4.78 is 0. The molecule has 4 nitrogen and oxygen atoms in total. The maximum atomic E-state index is 10.5. The molecule has 1 aliphatic carbocycles. The van der Waals surface area contributed by atoms with Crippen LogP contribution in [0.4, 0.5) is 0 Å². The molecule has 3 N–H and O–H groups in total. The standard InChI is InChI=1S/C17H22N2O2/c1-3-16(20)13-8-9-14-15(10-13)19(21)17(18-14)12-6-4-11(2)5-7-12/h4-9,15-18,20-21H,3,10H2,1-2H3. The summed E-state index contributed by atoms with van der Waals surface area (Å²) in [5.41, 5.74) is 4.23. The Labute approximate surface area is 125 Å². The van der Waals surface area contributed by atoms with E-state index in [2.05, 4.69) is 5.32 Å². The molecular weight excluding hydrogens is 264 g/mol. The van der Waals surface area contributed by atoms with E-state index in [4.69, 9.17) is 0 Å². The van der Waals surface area contributed by atoms with Gasteiger partial charge in [-0.1, -0.05) is 42.8 Å². The van der Waals surface area contributed by atoms with Crippen LogP contribution in [0.5, 0.6) is 0 Å². The molecule has 112 valence electrons. The highest BCUT2D eigenvalue weighted by molar-refractivity contribution is 5.35. The largest absolute Gasteiger partial charge is 0.389 e. The predicted octanol–water partition coefficient (Wildman–Crippen LogP) is 2.64. The predicted molar refractivity (Wildman–Crippen MR) is 81.6 cm³/mol. The third kappa shape index (κ3) is 2.62. The molecule has 3 unspecified atom stereocenters. The Morgan fingerprint density at radius 3 is 2.67 bits per heavy atom. The van der Waals surface area contributed by atoms with Gasteiger partial charge < -0.3 is 15.6 Å². The molecule has 2 aliphatic rings. The van der Waals surface area contributed by atoms with E-state index >= 15 is 0 Å².